The summed E-state index contributed by atoms with van der Waals surface area (Å²) in [6, 6.07) is 11.5. The van der Waals surface area contributed by atoms with E-state index in [1.165, 1.54) is 0 Å². The molecular formula is C25H18ClN3OS. The smallest absolute Gasteiger partial charge is 0.169 e. The van der Waals surface area contributed by atoms with Crippen molar-refractivity contribution < 1.29 is 4.52 Å². The second-order valence-corrected chi connectivity index (χ2v) is 8.87. The molecule has 0 saturated carbocycles. The molecular weight excluding hydrogens is 426 g/mol. The number of thiophene rings is 1. The Morgan fingerprint density at radius 2 is 1.74 bits per heavy atom. The molecule has 31 heavy (non-hydrogen) atoms. The molecule has 3 aromatic heterocycles. The maximum Gasteiger partial charge on any atom is 0.169 e. The quantitative estimate of drug-likeness (QED) is 0.321. The summed E-state index contributed by atoms with van der Waals surface area (Å²) in [7, 11) is 0. The third-order valence-corrected chi connectivity index (χ3v) is 6.80. The number of rotatable bonds is 1. The lowest BCUT2D eigenvalue weighted by atomic mass is 9.96. The summed E-state index contributed by atoms with van der Waals surface area (Å²) in [5, 5.41) is 4.93. The second-order valence-electron chi connectivity index (χ2n) is 7.41. The number of halogens is 1. The number of pyridine rings is 1. The molecule has 4 heterocycles. The van der Waals surface area contributed by atoms with Crippen molar-refractivity contribution in [3.8, 4) is 22.3 Å². The van der Waals surface area contributed by atoms with Crippen molar-refractivity contribution in [3.63, 3.8) is 0 Å². The average Bonchev–Trinajstić information content (AvgIpc) is 3.27. The van der Waals surface area contributed by atoms with Gasteiger partial charge in [-0.15, -0.1) is 11.3 Å². The third kappa shape index (κ3) is 3.48. The van der Waals surface area contributed by atoms with Crippen LogP contribution in [0.2, 0.25) is 5.02 Å². The fourth-order valence-electron chi connectivity index (χ4n) is 3.75. The molecule has 0 unspecified atom stereocenters. The molecule has 1 aliphatic heterocycles. The van der Waals surface area contributed by atoms with Crippen LogP contribution in [0.25, 0.3) is 10.4 Å². The molecule has 1 atom stereocenters. The Labute approximate surface area is 189 Å². The van der Waals surface area contributed by atoms with E-state index in [9.17, 15) is 0 Å². The Morgan fingerprint density at radius 1 is 1.00 bits per heavy atom. The molecule has 1 aliphatic rings. The first kappa shape index (κ1) is 19.7. The Morgan fingerprint density at radius 3 is 2.48 bits per heavy atom. The van der Waals surface area contributed by atoms with Gasteiger partial charge in [0, 0.05) is 34.1 Å². The number of nitrogens with zero attached hydrogens (tertiary/aromatic N) is 3. The standard InChI is InChI=1S/C25H18ClN3OS/c1-14-20(9-4-17-10-12-27-13-11-17)31-25-21(14)23(18-5-7-19(26)8-6-18)28-16(3)24-22(25)15(2)29-30-24/h5-8,10-13,16H,1-3H3/t16-/m0/s1. The van der Waals surface area contributed by atoms with E-state index in [0.717, 1.165) is 54.7 Å². The second kappa shape index (κ2) is 7.81. The molecule has 0 amide bonds. The van der Waals surface area contributed by atoms with Gasteiger partial charge in [0.25, 0.3) is 0 Å². The lowest BCUT2D eigenvalue weighted by Gasteiger charge is -2.09. The first-order valence-corrected chi connectivity index (χ1v) is 11.1. The number of hydrogen-bond donors (Lipinski definition) is 0. The predicted molar refractivity (Wildman–Crippen MR) is 125 cm³/mol. The van der Waals surface area contributed by atoms with E-state index in [4.69, 9.17) is 21.1 Å². The van der Waals surface area contributed by atoms with Gasteiger partial charge in [-0.2, -0.15) is 0 Å². The van der Waals surface area contributed by atoms with Crippen molar-refractivity contribution in [1.29, 1.82) is 0 Å². The van der Waals surface area contributed by atoms with E-state index in [2.05, 4.69) is 28.9 Å². The molecule has 4 aromatic rings. The lowest BCUT2D eigenvalue weighted by molar-refractivity contribution is 0.366. The van der Waals surface area contributed by atoms with Gasteiger partial charge in [0.2, 0.25) is 0 Å². The van der Waals surface area contributed by atoms with Crippen LogP contribution in [0.1, 0.15) is 51.6 Å². The summed E-state index contributed by atoms with van der Waals surface area (Å²) in [6.45, 7) is 6.12. The van der Waals surface area contributed by atoms with Gasteiger partial charge >= 0.3 is 0 Å². The highest BCUT2D eigenvalue weighted by atomic mass is 35.5. The summed E-state index contributed by atoms with van der Waals surface area (Å²) >= 11 is 7.80. The van der Waals surface area contributed by atoms with Gasteiger partial charge in [-0.3, -0.25) is 9.98 Å². The van der Waals surface area contributed by atoms with Crippen molar-refractivity contribution in [2.45, 2.75) is 26.8 Å². The molecule has 5 rings (SSSR count). The molecule has 0 fully saturated rings. The van der Waals surface area contributed by atoms with Gasteiger partial charge in [-0.25, -0.2) is 0 Å². The van der Waals surface area contributed by atoms with Crippen LogP contribution in [-0.4, -0.2) is 15.9 Å². The fraction of sp³-hybridized carbons (Fsp3) is 0.160. The zero-order valence-electron chi connectivity index (χ0n) is 17.2. The van der Waals surface area contributed by atoms with Crippen LogP contribution in [0.4, 0.5) is 0 Å². The minimum Gasteiger partial charge on any atom is -0.358 e. The number of fused-ring (bicyclic) bond motifs is 3. The van der Waals surface area contributed by atoms with Crippen molar-refractivity contribution in [1.82, 2.24) is 10.1 Å². The molecule has 0 radical (unpaired) electrons. The summed E-state index contributed by atoms with van der Waals surface area (Å²) < 4.78 is 5.70. The van der Waals surface area contributed by atoms with Gasteiger partial charge < -0.3 is 4.52 Å². The summed E-state index contributed by atoms with van der Waals surface area (Å²) in [5.41, 5.74) is 6.96. The molecule has 0 N–H and O–H groups in total. The van der Waals surface area contributed by atoms with E-state index in [0.29, 0.717) is 5.02 Å². The molecule has 6 heteroatoms. The van der Waals surface area contributed by atoms with Crippen molar-refractivity contribution >= 4 is 28.6 Å². The Hall–Kier alpha value is -3.20. The summed E-state index contributed by atoms with van der Waals surface area (Å²) in [5.74, 6) is 7.40. The molecule has 4 nitrogen and oxygen atoms in total. The molecule has 0 spiro atoms. The number of aryl methyl sites for hydroxylation is 1. The SMILES string of the molecule is Cc1noc2c1-c1sc(C#Cc3ccncc3)c(C)c1C(c1ccc(Cl)cc1)=N[C@H]2C. The molecule has 0 aliphatic carbocycles. The summed E-state index contributed by atoms with van der Waals surface area (Å²) in [4.78, 5) is 11.2. The predicted octanol–water partition coefficient (Wildman–Crippen LogP) is 6.38. The van der Waals surface area contributed by atoms with Gasteiger partial charge in [0.15, 0.2) is 5.76 Å². The Kier molecular flexibility index (Phi) is 4.97. The maximum atomic E-state index is 6.14. The molecule has 0 bridgehead atoms. The van der Waals surface area contributed by atoms with E-state index < -0.39 is 0 Å². The van der Waals surface area contributed by atoms with Crippen molar-refractivity contribution in [2.24, 2.45) is 4.99 Å². The third-order valence-electron chi connectivity index (χ3n) is 5.32. The molecule has 1 aromatic carbocycles. The topological polar surface area (TPSA) is 51.3 Å². The van der Waals surface area contributed by atoms with Crippen molar-refractivity contribution in [3.05, 3.63) is 92.4 Å². The zero-order valence-corrected chi connectivity index (χ0v) is 18.8. The van der Waals surface area contributed by atoms with E-state index >= 15 is 0 Å². The van der Waals surface area contributed by atoms with Gasteiger partial charge in [0.1, 0.15) is 6.04 Å². The molecule has 152 valence electrons. The first-order valence-electron chi connectivity index (χ1n) is 9.89. The highest BCUT2D eigenvalue weighted by Gasteiger charge is 2.31. The van der Waals surface area contributed by atoms with E-state index in [1.807, 2.05) is 50.2 Å². The fourth-order valence-corrected chi connectivity index (χ4v) is 5.14. The van der Waals surface area contributed by atoms with E-state index in [-0.39, 0.29) is 6.04 Å². The van der Waals surface area contributed by atoms with Gasteiger partial charge in [-0.05, 0) is 50.6 Å². The van der Waals surface area contributed by atoms with Crippen molar-refractivity contribution in [2.75, 3.05) is 0 Å². The number of hydrogen-bond acceptors (Lipinski definition) is 5. The number of aromatic nitrogens is 2. The Balaban J connectivity index is 1.74. The van der Waals surface area contributed by atoms with Crippen LogP contribution in [-0.2, 0) is 0 Å². The highest BCUT2D eigenvalue weighted by Crippen LogP contribution is 2.45. The van der Waals surface area contributed by atoms with Crippen LogP contribution in [0.15, 0.2) is 58.3 Å². The Bertz CT molecular complexity index is 1370. The maximum absolute atomic E-state index is 6.14. The van der Waals surface area contributed by atoms with Crippen LogP contribution in [0.3, 0.4) is 0 Å². The molecule has 0 saturated heterocycles. The normalized spacial score (nSPS) is 14.7. The van der Waals surface area contributed by atoms with Gasteiger partial charge in [0.05, 0.1) is 26.7 Å². The van der Waals surface area contributed by atoms with Crippen LogP contribution in [0.5, 0.6) is 0 Å². The minimum absolute atomic E-state index is 0.146. The lowest BCUT2D eigenvalue weighted by Crippen LogP contribution is -2.06. The zero-order chi connectivity index (χ0) is 21.5. The number of benzene rings is 1. The minimum atomic E-state index is -0.146. The summed E-state index contributed by atoms with van der Waals surface area (Å²) in [6.07, 6.45) is 3.50. The van der Waals surface area contributed by atoms with E-state index in [1.54, 1.807) is 23.7 Å². The van der Waals surface area contributed by atoms with Crippen LogP contribution >= 0.6 is 22.9 Å². The van der Waals surface area contributed by atoms with Crippen LogP contribution < -0.4 is 0 Å². The first-order chi connectivity index (χ1) is 15.0. The highest BCUT2D eigenvalue weighted by molar-refractivity contribution is 7.16. The number of aliphatic imine (C=N–C) groups is 1. The largest absolute Gasteiger partial charge is 0.358 e. The van der Waals surface area contributed by atoms with Gasteiger partial charge in [-0.1, -0.05) is 40.7 Å². The van der Waals surface area contributed by atoms with Crippen LogP contribution in [0, 0.1) is 25.7 Å². The monoisotopic (exact) mass is 443 g/mol. The average molecular weight is 444 g/mol.